The first-order valence-electron chi connectivity index (χ1n) is 10.6. The number of nitrogens with one attached hydrogen (secondary N) is 1. The van der Waals surface area contributed by atoms with Crippen LogP contribution in [0.25, 0.3) is 5.69 Å². The molecule has 1 atom stereocenters. The molecule has 1 aliphatic heterocycles. The quantitative estimate of drug-likeness (QED) is 0.511. The first-order chi connectivity index (χ1) is 15.1. The molecule has 2 heterocycles. The number of carbonyl (C=O) groups excluding carboxylic acids is 1. The summed E-state index contributed by atoms with van der Waals surface area (Å²) in [7, 11) is 0. The Kier molecular flexibility index (Phi) is 7.14. The van der Waals surface area contributed by atoms with Crippen molar-refractivity contribution in [1.82, 2.24) is 20.1 Å². The van der Waals surface area contributed by atoms with Gasteiger partial charge in [-0.15, -0.1) is 10.2 Å². The van der Waals surface area contributed by atoms with Gasteiger partial charge in [-0.2, -0.15) is 0 Å². The number of aromatic nitrogens is 3. The molecule has 1 N–H and O–H groups in total. The number of para-hydroxylation sites is 1. The van der Waals surface area contributed by atoms with Crippen molar-refractivity contribution in [3.8, 4) is 5.69 Å². The molecule has 1 aromatic heterocycles. The smallest absolute Gasteiger partial charge is 0.233 e. The molecule has 0 bridgehead atoms. The third kappa shape index (κ3) is 5.22. The fourth-order valence-electron chi connectivity index (χ4n) is 3.63. The van der Waals surface area contributed by atoms with Gasteiger partial charge in [-0.3, -0.25) is 9.36 Å². The summed E-state index contributed by atoms with van der Waals surface area (Å²) >= 11 is 7.91. The highest BCUT2D eigenvalue weighted by Crippen LogP contribution is 2.33. The molecule has 31 heavy (non-hydrogen) atoms. The molecule has 1 amide bonds. The topological polar surface area (TPSA) is 63.1 Å². The fraction of sp³-hybridized carbons (Fsp3) is 0.348. The predicted molar refractivity (Wildman–Crippen MR) is 126 cm³/mol. The number of carbonyl (C=O) groups is 1. The molecule has 1 saturated heterocycles. The molecule has 1 fully saturated rings. The zero-order chi connectivity index (χ0) is 21.6. The van der Waals surface area contributed by atoms with Crippen molar-refractivity contribution in [2.24, 2.45) is 0 Å². The van der Waals surface area contributed by atoms with Gasteiger partial charge in [0.15, 0.2) is 5.16 Å². The van der Waals surface area contributed by atoms with Crippen LogP contribution < -0.4 is 10.2 Å². The molecule has 0 aliphatic carbocycles. The molecule has 6 nitrogen and oxygen atoms in total. The molecule has 4 rings (SSSR count). The number of benzene rings is 2. The lowest BCUT2D eigenvalue weighted by molar-refractivity contribution is -0.120. The Morgan fingerprint density at radius 2 is 1.81 bits per heavy atom. The van der Waals surface area contributed by atoms with Gasteiger partial charge in [-0.05, 0) is 43.9 Å². The molecule has 0 spiro atoms. The summed E-state index contributed by atoms with van der Waals surface area (Å²) in [6, 6.07) is 17.8. The van der Waals surface area contributed by atoms with Crippen LogP contribution in [-0.4, -0.2) is 45.6 Å². The van der Waals surface area contributed by atoms with Gasteiger partial charge in [0, 0.05) is 19.6 Å². The van der Waals surface area contributed by atoms with Gasteiger partial charge in [0.05, 0.1) is 16.0 Å². The minimum atomic E-state index is -0.312. The van der Waals surface area contributed by atoms with Gasteiger partial charge < -0.3 is 10.2 Å². The van der Waals surface area contributed by atoms with Crippen LogP contribution in [0.15, 0.2) is 59.8 Å². The molecule has 2 aromatic carbocycles. The fourth-order valence-corrected chi connectivity index (χ4v) is 4.73. The van der Waals surface area contributed by atoms with Crippen LogP contribution in [0.1, 0.15) is 25.3 Å². The summed E-state index contributed by atoms with van der Waals surface area (Å²) < 4.78 is 1.98. The van der Waals surface area contributed by atoms with Crippen molar-refractivity contribution in [1.29, 1.82) is 0 Å². The highest BCUT2D eigenvalue weighted by Gasteiger charge is 2.26. The highest BCUT2D eigenvalue weighted by molar-refractivity contribution is 8.00. The van der Waals surface area contributed by atoms with Crippen LogP contribution >= 0.6 is 23.4 Å². The normalized spacial score (nSPS) is 14.6. The van der Waals surface area contributed by atoms with E-state index >= 15 is 0 Å². The van der Waals surface area contributed by atoms with E-state index in [1.807, 2.05) is 54.0 Å². The standard InChI is InChI=1S/C23H26ClN5OS/c1-17(21(30)25-14-13-18-9-3-2-4-10-18)31-23-27-26-22(28-15-7-8-16-28)29(23)20-12-6-5-11-19(20)24/h2-6,9-12,17H,7-8,13-16H2,1H3,(H,25,30). The second-order valence-corrected chi connectivity index (χ2v) is 9.27. The lowest BCUT2D eigenvalue weighted by Crippen LogP contribution is -2.32. The van der Waals surface area contributed by atoms with E-state index in [0.717, 1.165) is 44.0 Å². The lowest BCUT2D eigenvalue weighted by Gasteiger charge is -2.19. The minimum Gasteiger partial charge on any atom is -0.355 e. The number of amides is 1. The maximum absolute atomic E-state index is 12.7. The summed E-state index contributed by atoms with van der Waals surface area (Å²) in [6.07, 6.45) is 3.08. The number of anilines is 1. The largest absolute Gasteiger partial charge is 0.355 e. The van der Waals surface area contributed by atoms with Gasteiger partial charge in [0.2, 0.25) is 11.9 Å². The Labute approximate surface area is 192 Å². The molecular formula is C23H26ClN5OS. The minimum absolute atomic E-state index is 0.0163. The number of hydrogen-bond donors (Lipinski definition) is 1. The average Bonchev–Trinajstić information content (AvgIpc) is 3.45. The zero-order valence-corrected chi connectivity index (χ0v) is 19.1. The third-order valence-electron chi connectivity index (χ3n) is 5.31. The predicted octanol–water partition coefficient (Wildman–Crippen LogP) is 4.36. The Morgan fingerprint density at radius 3 is 2.55 bits per heavy atom. The zero-order valence-electron chi connectivity index (χ0n) is 17.5. The average molecular weight is 456 g/mol. The van der Waals surface area contributed by atoms with Crippen LogP contribution in [0.5, 0.6) is 0 Å². The van der Waals surface area contributed by atoms with E-state index in [2.05, 4.69) is 32.5 Å². The summed E-state index contributed by atoms with van der Waals surface area (Å²) in [5.74, 6) is 0.766. The molecule has 1 aliphatic rings. The van der Waals surface area contributed by atoms with Crippen molar-refractivity contribution >= 4 is 35.2 Å². The Balaban J connectivity index is 1.48. The van der Waals surface area contributed by atoms with E-state index in [1.54, 1.807) is 0 Å². The molecule has 0 radical (unpaired) electrons. The van der Waals surface area contributed by atoms with E-state index in [4.69, 9.17) is 11.6 Å². The first kappa shape index (κ1) is 21.7. The highest BCUT2D eigenvalue weighted by atomic mass is 35.5. The van der Waals surface area contributed by atoms with E-state index < -0.39 is 0 Å². The summed E-state index contributed by atoms with van der Waals surface area (Å²) in [6.45, 7) is 4.39. The van der Waals surface area contributed by atoms with Gasteiger partial charge in [-0.1, -0.05) is 65.8 Å². The van der Waals surface area contributed by atoms with Gasteiger partial charge in [0.1, 0.15) is 0 Å². The maximum atomic E-state index is 12.7. The molecule has 3 aromatic rings. The Morgan fingerprint density at radius 1 is 1.10 bits per heavy atom. The number of nitrogens with zero attached hydrogens (tertiary/aromatic N) is 4. The molecular weight excluding hydrogens is 430 g/mol. The number of thioether (sulfide) groups is 1. The molecule has 0 saturated carbocycles. The van der Waals surface area contributed by atoms with Crippen molar-refractivity contribution in [2.45, 2.75) is 36.6 Å². The first-order valence-corrected chi connectivity index (χ1v) is 11.8. The Hall–Kier alpha value is -2.51. The third-order valence-corrected chi connectivity index (χ3v) is 6.67. The molecule has 162 valence electrons. The van der Waals surface area contributed by atoms with Gasteiger partial charge in [-0.25, -0.2) is 0 Å². The van der Waals surface area contributed by atoms with Crippen LogP contribution in [0.3, 0.4) is 0 Å². The van der Waals surface area contributed by atoms with Crippen LogP contribution in [0.4, 0.5) is 5.95 Å². The number of hydrogen-bond acceptors (Lipinski definition) is 5. The summed E-state index contributed by atoms with van der Waals surface area (Å²) in [5.41, 5.74) is 2.03. The second-order valence-electron chi connectivity index (χ2n) is 7.55. The summed E-state index contributed by atoms with van der Waals surface area (Å²) in [5, 5.41) is 12.9. The van der Waals surface area contributed by atoms with Crippen LogP contribution in [0, 0.1) is 0 Å². The Bertz CT molecular complexity index is 1020. The maximum Gasteiger partial charge on any atom is 0.233 e. The SMILES string of the molecule is CC(Sc1nnc(N2CCCC2)n1-c1ccccc1Cl)C(=O)NCCc1ccccc1. The number of rotatable bonds is 8. The lowest BCUT2D eigenvalue weighted by atomic mass is 10.1. The van der Waals surface area contributed by atoms with Gasteiger partial charge >= 0.3 is 0 Å². The van der Waals surface area contributed by atoms with Crippen molar-refractivity contribution in [3.63, 3.8) is 0 Å². The number of halogens is 1. The monoisotopic (exact) mass is 455 g/mol. The van der Waals surface area contributed by atoms with Gasteiger partial charge in [0.25, 0.3) is 0 Å². The molecule has 8 heteroatoms. The van der Waals surface area contributed by atoms with E-state index in [-0.39, 0.29) is 11.2 Å². The summed E-state index contributed by atoms with van der Waals surface area (Å²) in [4.78, 5) is 14.9. The van der Waals surface area contributed by atoms with Crippen LogP contribution in [0.2, 0.25) is 5.02 Å². The van der Waals surface area contributed by atoms with E-state index in [1.165, 1.54) is 17.3 Å². The van der Waals surface area contributed by atoms with Crippen molar-refractivity contribution in [3.05, 3.63) is 65.2 Å². The van der Waals surface area contributed by atoms with E-state index in [0.29, 0.717) is 16.7 Å². The van der Waals surface area contributed by atoms with E-state index in [9.17, 15) is 4.79 Å². The second kappa shape index (κ2) is 10.2. The van der Waals surface area contributed by atoms with Crippen molar-refractivity contribution in [2.75, 3.05) is 24.5 Å². The van der Waals surface area contributed by atoms with Crippen LogP contribution in [-0.2, 0) is 11.2 Å². The molecule has 1 unspecified atom stereocenters. The van der Waals surface area contributed by atoms with Crippen molar-refractivity contribution < 1.29 is 4.79 Å².